The van der Waals surface area contributed by atoms with E-state index in [0.29, 0.717) is 5.13 Å². The summed E-state index contributed by atoms with van der Waals surface area (Å²) in [6.07, 6.45) is 2.62. The van der Waals surface area contributed by atoms with Crippen molar-refractivity contribution in [2.45, 2.75) is 20.3 Å². The molecule has 2 aromatic carbocycles. The quantitative estimate of drug-likeness (QED) is 0.568. The normalized spacial score (nSPS) is 10.6. The third-order valence-electron chi connectivity index (χ3n) is 3.90. The maximum Gasteiger partial charge on any atom is 0.245 e. The van der Waals surface area contributed by atoms with E-state index < -0.39 is 0 Å². The van der Waals surface area contributed by atoms with Crippen molar-refractivity contribution < 1.29 is 4.79 Å². The van der Waals surface area contributed by atoms with Crippen molar-refractivity contribution in [1.82, 2.24) is 4.98 Å². The van der Waals surface area contributed by atoms with E-state index in [1.54, 1.807) is 0 Å². The van der Waals surface area contributed by atoms with Gasteiger partial charge in [0.05, 0.1) is 6.54 Å². The van der Waals surface area contributed by atoms with Crippen LogP contribution in [-0.4, -0.2) is 17.4 Å². The molecule has 1 aromatic heterocycles. The summed E-state index contributed by atoms with van der Waals surface area (Å²) in [5, 5.41) is 6.67. The molecule has 0 atom stereocenters. The molecule has 0 saturated heterocycles. The van der Waals surface area contributed by atoms with E-state index in [9.17, 15) is 4.79 Å². The lowest BCUT2D eigenvalue weighted by atomic mass is 10.1. The Morgan fingerprint density at radius 2 is 2.04 bits per heavy atom. The van der Waals surface area contributed by atoms with Gasteiger partial charge < -0.3 is 10.6 Å². The number of aromatic nitrogens is 1. The van der Waals surface area contributed by atoms with Gasteiger partial charge in [0.15, 0.2) is 5.13 Å². The van der Waals surface area contributed by atoms with Crippen LogP contribution in [0.3, 0.4) is 0 Å². The second-order valence-electron chi connectivity index (χ2n) is 6.16. The Hall–Kier alpha value is -2.18. The number of carbonyl (C=O) groups is 1. The second-order valence-corrected chi connectivity index (χ2v) is 8.19. The van der Waals surface area contributed by atoms with Crippen molar-refractivity contribution in [3.05, 3.63) is 74.7 Å². The van der Waals surface area contributed by atoms with Gasteiger partial charge in [0.1, 0.15) is 0 Å². The molecule has 2 N–H and O–H groups in total. The van der Waals surface area contributed by atoms with Gasteiger partial charge in [-0.25, -0.2) is 4.98 Å². The van der Waals surface area contributed by atoms with Gasteiger partial charge in [-0.1, -0.05) is 40.2 Å². The zero-order valence-electron chi connectivity index (χ0n) is 14.7. The first kappa shape index (κ1) is 18.6. The molecule has 26 heavy (non-hydrogen) atoms. The fourth-order valence-corrected chi connectivity index (χ4v) is 3.87. The molecule has 0 aliphatic rings. The lowest BCUT2D eigenvalue weighted by Gasteiger charge is -2.10. The number of thiazole rings is 1. The number of carbonyl (C=O) groups excluding carboxylic acids is 1. The Labute approximate surface area is 165 Å². The number of hydrogen-bond acceptors (Lipinski definition) is 4. The first-order valence-electron chi connectivity index (χ1n) is 8.30. The number of halogens is 1. The van der Waals surface area contributed by atoms with E-state index in [2.05, 4.69) is 49.7 Å². The fraction of sp³-hybridized carbons (Fsp3) is 0.200. The second kappa shape index (κ2) is 8.47. The Morgan fingerprint density at radius 3 is 2.85 bits per heavy atom. The molecule has 0 fully saturated rings. The van der Waals surface area contributed by atoms with Gasteiger partial charge in [-0.2, -0.15) is 0 Å². The number of amides is 1. The van der Waals surface area contributed by atoms with Crippen LogP contribution in [0.15, 0.2) is 53.1 Å². The molecule has 3 aromatic rings. The lowest BCUT2D eigenvalue weighted by molar-refractivity contribution is -0.114. The Balaban J connectivity index is 1.55. The van der Waals surface area contributed by atoms with E-state index in [0.717, 1.165) is 32.6 Å². The topological polar surface area (TPSA) is 54.0 Å². The molecule has 6 heteroatoms. The SMILES string of the molecule is Cc1ccc(C)c(NCC(=O)Nc2ncc(Cc3cccc(Br)c3)s2)c1. The smallest absolute Gasteiger partial charge is 0.245 e. The molecular weight excluding hydrogens is 410 g/mol. The third-order valence-corrected chi connectivity index (χ3v) is 5.31. The van der Waals surface area contributed by atoms with Crippen molar-refractivity contribution in [2.24, 2.45) is 0 Å². The first-order valence-corrected chi connectivity index (χ1v) is 9.90. The minimum atomic E-state index is -0.103. The predicted molar refractivity (Wildman–Crippen MR) is 112 cm³/mol. The van der Waals surface area contributed by atoms with Crippen molar-refractivity contribution in [2.75, 3.05) is 17.2 Å². The summed E-state index contributed by atoms with van der Waals surface area (Å²) >= 11 is 4.99. The Morgan fingerprint density at radius 1 is 1.19 bits per heavy atom. The van der Waals surface area contributed by atoms with Gasteiger partial charge in [0, 0.05) is 27.7 Å². The number of hydrogen-bond donors (Lipinski definition) is 2. The molecule has 0 unspecified atom stereocenters. The fourth-order valence-electron chi connectivity index (χ4n) is 2.56. The van der Waals surface area contributed by atoms with E-state index in [1.165, 1.54) is 16.9 Å². The summed E-state index contributed by atoms with van der Waals surface area (Å²) in [6, 6.07) is 14.3. The van der Waals surface area contributed by atoms with Crippen molar-refractivity contribution in [3.8, 4) is 0 Å². The highest BCUT2D eigenvalue weighted by Gasteiger charge is 2.08. The summed E-state index contributed by atoms with van der Waals surface area (Å²) in [5.74, 6) is -0.103. The van der Waals surface area contributed by atoms with Gasteiger partial charge >= 0.3 is 0 Å². The zero-order chi connectivity index (χ0) is 18.5. The van der Waals surface area contributed by atoms with Crippen LogP contribution in [0.4, 0.5) is 10.8 Å². The number of rotatable bonds is 6. The molecule has 3 rings (SSSR count). The van der Waals surface area contributed by atoms with Crippen LogP contribution in [0.2, 0.25) is 0 Å². The van der Waals surface area contributed by atoms with Crippen molar-refractivity contribution in [3.63, 3.8) is 0 Å². The molecule has 0 saturated carbocycles. The monoisotopic (exact) mass is 429 g/mol. The average Bonchev–Trinajstić information content (AvgIpc) is 3.02. The van der Waals surface area contributed by atoms with Crippen LogP contribution in [0.5, 0.6) is 0 Å². The average molecular weight is 430 g/mol. The molecule has 4 nitrogen and oxygen atoms in total. The van der Waals surface area contributed by atoms with Crippen LogP contribution in [0.1, 0.15) is 21.6 Å². The van der Waals surface area contributed by atoms with Crippen LogP contribution in [0, 0.1) is 13.8 Å². The van der Waals surface area contributed by atoms with Crippen molar-refractivity contribution >= 4 is 44.0 Å². The van der Waals surface area contributed by atoms with Gasteiger partial charge in [-0.15, -0.1) is 11.3 Å². The van der Waals surface area contributed by atoms with Crippen LogP contribution in [0.25, 0.3) is 0 Å². The number of aryl methyl sites for hydroxylation is 2. The lowest BCUT2D eigenvalue weighted by Crippen LogP contribution is -2.22. The maximum atomic E-state index is 12.2. The highest BCUT2D eigenvalue weighted by atomic mass is 79.9. The number of nitrogens with zero attached hydrogens (tertiary/aromatic N) is 1. The molecule has 0 spiro atoms. The molecule has 0 bridgehead atoms. The van der Waals surface area contributed by atoms with Crippen molar-refractivity contribution in [1.29, 1.82) is 0 Å². The molecule has 1 amide bonds. The summed E-state index contributed by atoms with van der Waals surface area (Å²) in [4.78, 5) is 17.6. The zero-order valence-corrected chi connectivity index (χ0v) is 17.1. The van der Waals surface area contributed by atoms with E-state index in [4.69, 9.17) is 0 Å². The van der Waals surface area contributed by atoms with Gasteiger partial charge in [-0.05, 0) is 48.7 Å². The van der Waals surface area contributed by atoms with E-state index in [-0.39, 0.29) is 12.5 Å². The number of nitrogens with one attached hydrogen (secondary N) is 2. The standard InChI is InChI=1S/C20H20BrN3OS/c1-13-6-7-14(2)18(8-13)22-12-19(25)24-20-23-11-17(26-20)10-15-4-3-5-16(21)9-15/h3-9,11,22H,10,12H2,1-2H3,(H,23,24,25). The van der Waals surface area contributed by atoms with E-state index >= 15 is 0 Å². The molecular formula is C20H20BrN3OS. The van der Waals surface area contributed by atoms with Crippen LogP contribution >= 0.6 is 27.3 Å². The predicted octanol–water partition coefficient (Wildman–Crippen LogP) is 5.16. The minimum absolute atomic E-state index is 0.103. The Kier molecular flexibility index (Phi) is 6.06. The van der Waals surface area contributed by atoms with Gasteiger partial charge in [0.2, 0.25) is 5.91 Å². The summed E-state index contributed by atoms with van der Waals surface area (Å²) in [6.45, 7) is 4.27. The highest BCUT2D eigenvalue weighted by Crippen LogP contribution is 2.22. The van der Waals surface area contributed by atoms with Crippen LogP contribution < -0.4 is 10.6 Å². The van der Waals surface area contributed by atoms with E-state index in [1.807, 2.05) is 44.3 Å². The molecule has 1 heterocycles. The summed E-state index contributed by atoms with van der Waals surface area (Å²) in [5.41, 5.74) is 4.47. The summed E-state index contributed by atoms with van der Waals surface area (Å²) < 4.78 is 1.06. The largest absolute Gasteiger partial charge is 0.376 e. The van der Waals surface area contributed by atoms with Gasteiger partial charge in [-0.3, -0.25) is 4.79 Å². The number of benzene rings is 2. The maximum absolute atomic E-state index is 12.2. The molecule has 134 valence electrons. The van der Waals surface area contributed by atoms with Crippen LogP contribution in [-0.2, 0) is 11.2 Å². The third kappa shape index (κ3) is 5.16. The molecule has 0 aliphatic heterocycles. The van der Waals surface area contributed by atoms with Gasteiger partial charge in [0.25, 0.3) is 0 Å². The first-order chi connectivity index (χ1) is 12.5. The Bertz CT molecular complexity index is 923. The summed E-state index contributed by atoms with van der Waals surface area (Å²) in [7, 11) is 0. The minimum Gasteiger partial charge on any atom is -0.376 e. The molecule has 0 radical (unpaired) electrons. The number of anilines is 2. The highest BCUT2D eigenvalue weighted by molar-refractivity contribution is 9.10. The molecule has 0 aliphatic carbocycles.